The summed E-state index contributed by atoms with van der Waals surface area (Å²) >= 11 is 0. The molecule has 0 saturated heterocycles. The number of carbonyl (C=O) groups excluding carboxylic acids is 2. The topological polar surface area (TPSA) is 55.4 Å². The molecule has 1 N–H and O–H groups in total. The lowest BCUT2D eigenvalue weighted by Gasteiger charge is -2.18. The molecule has 0 fully saturated rings. The number of hydrogen-bond donors (Lipinski definition) is 1. The Morgan fingerprint density at radius 1 is 1.27 bits per heavy atom. The number of ketones is 1. The highest BCUT2D eigenvalue weighted by molar-refractivity contribution is 6.05. The number of halogens is 3. The summed E-state index contributed by atoms with van der Waals surface area (Å²) in [7, 11) is 0. The van der Waals surface area contributed by atoms with Gasteiger partial charge < -0.3 is 10.1 Å². The highest BCUT2D eigenvalue weighted by Gasteiger charge is 2.36. The smallest absolute Gasteiger partial charge is 0.431 e. The van der Waals surface area contributed by atoms with Crippen LogP contribution in [0.25, 0.3) is 0 Å². The minimum Gasteiger partial charge on any atom is -0.464 e. The van der Waals surface area contributed by atoms with Gasteiger partial charge in [0.1, 0.15) is 11.7 Å². The average molecular weight is 315 g/mol. The molecule has 0 spiro atoms. The molecule has 1 unspecified atom stereocenters. The molecule has 0 heterocycles. The normalized spacial score (nSPS) is 13.4. The molecule has 0 saturated carbocycles. The molecule has 120 valence electrons. The van der Waals surface area contributed by atoms with Crippen molar-refractivity contribution < 1.29 is 27.5 Å². The van der Waals surface area contributed by atoms with Crippen LogP contribution in [-0.2, 0) is 9.53 Å². The number of carbonyl (C=O) groups is 2. The maximum Gasteiger partial charge on any atom is 0.431 e. The third-order valence-electron chi connectivity index (χ3n) is 2.65. The fourth-order valence-electron chi connectivity index (χ4n) is 1.58. The van der Waals surface area contributed by atoms with Crippen LogP contribution in [0.3, 0.4) is 0 Å². The van der Waals surface area contributed by atoms with Gasteiger partial charge in [-0.1, -0.05) is 30.3 Å². The van der Waals surface area contributed by atoms with E-state index < -0.39 is 29.7 Å². The summed E-state index contributed by atoms with van der Waals surface area (Å²) in [5.41, 5.74) is -1.17. The first kappa shape index (κ1) is 17.7. The van der Waals surface area contributed by atoms with Gasteiger partial charge in [0.05, 0.1) is 6.61 Å². The Kier molecular flexibility index (Phi) is 6.15. The van der Waals surface area contributed by atoms with Crippen molar-refractivity contribution in [3.8, 4) is 0 Å². The highest BCUT2D eigenvalue weighted by Crippen LogP contribution is 2.24. The van der Waals surface area contributed by atoms with E-state index in [1.807, 2.05) is 5.32 Å². The Morgan fingerprint density at radius 2 is 1.86 bits per heavy atom. The van der Waals surface area contributed by atoms with Crippen LogP contribution in [0.4, 0.5) is 13.2 Å². The molecular weight excluding hydrogens is 299 g/mol. The number of hydrogen-bond acceptors (Lipinski definition) is 4. The van der Waals surface area contributed by atoms with Crippen molar-refractivity contribution in [2.24, 2.45) is 0 Å². The Bertz CT molecular complexity index is 553. The van der Waals surface area contributed by atoms with Crippen molar-refractivity contribution >= 4 is 11.8 Å². The summed E-state index contributed by atoms with van der Waals surface area (Å²) < 4.78 is 43.5. The molecular formula is C15H16F3NO3. The third kappa shape index (κ3) is 5.23. The summed E-state index contributed by atoms with van der Waals surface area (Å²) in [6, 6.07) is 6.32. The molecule has 7 heteroatoms. The maximum atomic E-state index is 13.0. The van der Waals surface area contributed by atoms with Crippen LogP contribution in [0, 0.1) is 0 Å². The van der Waals surface area contributed by atoms with E-state index in [0.29, 0.717) is 6.08 Å². The van der Waals surface area contributed by atoms with E-state index in [1.54, 1.807) is 25.1 Å². The Morgan fingerprint density at radius 3 is 2.36 bits per heavy atom. The van der Waals surface area contributed by atoms with E-state index in [2.05, 4.69) is 4.74 Å². The number of benzene rings is 1. The zero-order chi connectivity index (χ0) is 16.8. The van der Waals surface area contributed by atoms with Crippen LogP contribution >= 0.6 is 0 Å². The summed E-state index contributed by atoms with van der Waals surface area (Å²) in [6.45, 7) is 2.83. The second-order valence-electron chi connectivity index (χ2n) is 4.40. The van der Waals surface area contributed by atoms with Gasteiger partial charge in [-0.2, -0.15) is 13.2 Å². The zero-order valence-electron chi connectivity index (χ0n) is 12.1. The average Bonchev–Trinajstić information content (AvgIpc) is 2.46. The summed E-state index contributed by atoms with van der Waals surface area (Å²) in [5, 5.41) is 1.98. The highest BCUT2D eigenvalue weighted by atomic mass is 19.4. The van der Waals surface area contributed by atoms with Crippen LogP contribution in [0.2, 0.25) is 0 Å². The molecule has 1 aromatic rings. The Labute approximate surface area is 126 Å². The van der Waals surface area contributed by atoms with Crippen LogP contribution < -0.4 is 5.32 Å². The van der Waals surface area contributed by atoms with Crippen LogP contribution in [0.15, 0.2) is 42.1 Å². The molecule has 1 rings (SSSR count). The number of alkyl halides is 3. The van der Waals surface area contributed by atoms with Crippen molar-refractivity contribution in [2.75, 3.05) is 6.61 Å². The molecule has 1 atom stereocenters. The third-order valence-corrected chi connectivity index (χ3v) is 2.65. The molecule has 0 radical (unpaired) electrons. The fraction of sp³-hybridized carbons (Fsp3) is 0.333. The molecule has 0 aliphatic carbocycles. The summed E-state index contributed by atoms with van der Waals surface area (Å²) in [6.07, 6.45) is -4.35. The molecule has 4 nitrogen and oxygen atoms in total. The van der Waals surface area contributed by atoms with Crippen LogP contribution in [0.1, 0.15) is 24.2 Å². The molecule has 0 aromatic heterocycles. The van der Waals surface area contributed by atoms with Crippen molar-refractivity contribution in [2.45, 2.75) is 26.1 Å². The Hall–Kier alpha value is -2.31. The minimum atomic E-state index is -4.79. The predicted octanol–water partition coefficient (Wildman–Crippen LogP) is 2.86. The quantitative estimate of drug-likeness (QED) is 0.498. The van der Waals surface area contributed by atoms with Gasteiger partial charge in [-0.25, -0.2) is 4.79 Å². The van der Waals surface area contributed by atoms with E-state index >= 15 is 0 Å². The lowest BCUT2D eigenvalue weighted by Crippen LogP contribution is -2.39. The van der Waals surface area contributed by atoms with Crippen molar-refractivity contribution in [1.29, 1.82) is 0 Å². The van der Waals surface area contributed by atoms with Crippen LogP contribution in [-0.4, -0.2) is 30.6 Å². The van der Waals surface area contributed by atoms with E-state index in [9.17, 15) is 22.8 Å². The SMILES string of the molecule is CCOC(=O)C(C)N/C(=C\C(=O)c1ccccc1)C(F)(F)F. The first-order valence-corrected chi connectivity index (χ1v) is 6.57. The fourth-order valence-corrected chi connectivity index (χ4v) is 1.58. The van der Waals surface area contributed by atoms with Gasteiger partial charge in [0.15, 0.2) is 5.78 Å². The van der Waals surface area contributed by atoms with Crippen molar-refractivity contribution in [3.63, 3.8) is 0 Å². The van der Waals surface area contributed by atoms with Gasteiger partial charge in [0.2, 0.25) is 0 Å². The van der Waals surface area contributed by atoms with Crippen molar-refractivity contribution in [1.82, 2.24) is 5.32 Å². The molecule has 0 aliphatic rings. The minimum absolute atomic E-state index is 0.0544. The summed E-state index contributed by atoms with van der Waals surface area (Å²) in [5.74, 6) is -1.64. The van der Waals surface area contributed by atoms with Crippen molar-refractivity contribution in [3.05, 3.63) is 47.7 Å². The number of allylic oxidation sites excluding steroid dienone is 2. The first-order chi connectivity index (χ1) is 10.3. The molecule has 1 aromatic carbocycles. The predicted molar refractivity (Wildman–Crippen MR) is 74.1 cm³/mol. The lowest BCUT2D eigenvalue weighted by atomic mass is 10.1. The number of nitrogens with one attached hydrogen (secondary N) is 1. The van der Waals surface area contributed by atoms with Gasteiger partial charge in [-0.05, 0) is 13.8 Å². The largest absolute Gasteiger partial charge is 0.464 e. The molecule has 0 aliphatic heterocycles. The lowest BCUT2D eigenvalue weighted by molar-refractivity contribution is -0.145. The molecule has 22 heavy (non-hydrogen) atoms. The monoisotopic (exact) mass is 315 g/mol. The van der Waals surface area contributed by atoms with Gasteiger partial charge >= 0.3 is 12.1 Å². The molecule has 0 bridgehead atoms. The van der Waals surface area contributed by atoms with Gasteiger partial charge in [0, 0.05) is 11.6 Å². The van der Waals surface area contributed by atoms with Gasteiger partial charge in [-0.15, -0.1) is 0 Å². The van der Waals surface area contributed by atoms with E-state index in [0.717, 1.165) is 0 Å². The van der Waals surface area contributed by atoms with Gasteiger partial charge in [0.25, 0.3) is 0 Å². The number of esters is 1. The van der Waals surface area contributed by atoms with E-state index in [1.165, 1.54) is 19.1 Å². The summed E-state index contributed by atoms with van der Waals surface area (Å²) in [4.78, 5) is 23.2. The van der Waals surface area contributed by atoms with E-state index in [-0.39, 0.29) is 12.2 Å². The zero-order valence-corrected chi connectivity index (χ0v) is 12.1. The van der Waals surface area contributed by atoms with Crippen LogP contribution in [0.5, 0.6) is 0 Å². The molecule has 0 amide bonds. The maximum absolute atomic E-state index is 13.0. The second-order valence-corrected chi connectivity index (χ2v) is 4.40. The second kappa shape index (κ2) is 7.63. The van der Waals surface area contributed by atoms with Gasteiger partial charge in [-0.3, -0.25) is 4.79 Å². The first-order valence-electron chi connectivity index (χ1n) is 6.57. The number of ether oxygens (including phenoxy) is 1. The standard InChI is InChI=1S/C15H16F3NO3/c1-3-22-14(21)10(2)19-13(15(16,17)18)9-12(20)11-7-5-4-6-8-11/h4-10,19H,3H2,1-2H3/b13-9-. The number of rotatable bonds is 6. The van der Waals surface area contributed by atoms with E-state index in [4.69, 9.17) is 0 Å². The Balaban J connectivity index is 2.97.